The van der Waals surface area contributed by atoms with Gasteiger partial charge in [0.1, 0.15) is 10.6 Å². The lowest BCUT2D eigenvalue weighted by Crippen LogP contribution is -2.38. The van der Waals surface area contributed by atoms with Crippen molar-refractivity contribution < 1.29 is 9.21 Å². The minimum Gasteiger partial charge on any atom is -0.445 e. The first-order valence-electron chi connectivity index (χ1n) is 8.56. The number of hydrogen-bond donors (Lipinski definition) is 0. The third kappa shape index (κ3) is 3.81. The van der Waals surface area contributed by atoms with Crippen LogP contribution in [-0.2, 0) is 6.42 Å². The number of aromatic nitrogens is 2. The van der Waals surface area contributed by atoms with Gasteiger partial charge in [0.2, 0.25) is 0 Å². The van der Waals surface area contributed by atoms with E-state index in [1.54, 1.807) is 17.9 Å². The zero-order chi connectivity index (χ0) is 17.9. The Labute approximate surface area is 160 Å². The van der Waals surface area contributed by atoms with Gasteiger partial charge in [-0.2, -0.15) is 0 Å². The number of carbonyl (C=O) groups excluding carboxylic acids is 1. The van der Waals surface area contributed by atoms with Gasteiger partial charge in [0.25, 0.3) is 5.91 Å². The number of amides is 1. The Morgan fingerprint density at radius 1 is 1.38 bits per heavy atom. The fourth-order valence-corrected chi connectivity index (χ4v) is 4.08. The fraction of sp³-hybridized carbons (Fsp3) is 0.316. The molecule has 1 aliphatic heterocycles. The highest BCUT2D eigenvalue weighted by Gasteiger charge is 2.28. The summed E-state index contributed by atoms with van der Waals surface area (Å²) in [5, 5.41) is 0.715. The SMILES string of the molecule is O=C(c1cncs1)N1CCC[C@H](c2ncc(Cc3cccc(Cl)c3)o2)C1. The number of piperidine rings is 1. The average Bonchev–Trinajstić information content (AvgIpc) is 3.33. The molecule has 7 heteroatoms. The molecule has 1 atom stereocenters. The van der Waals surface area contributed by atoms with E-state index in [-0.39, 0.29) is 11.8 Å². The smallest absolute Gasteiger partial charge is 0.265 e. The predicted octanol–water partition coefficient (Wildman–Crippen LogP) is 4.40. The van der Waals surface area contributed by atoms with E-state index in [4.69, 9.17) is 16.0 Å². The van der Waals surface area contributed by atoms with Crippen LogP contribution in [0, 0.1) is 0 Å². The minimum absolute atomic E-state index is 0.0444. The van der Waals surface area contributed by atoms with Gasteiger partial charge in [-0.25, -0.2) is 4.98 Å². The van der Waals surface area contributed by atoms with Crippen LogP contribution in [0.25, 0.3) is 0 Å². The van der Waals surface area contributed by atoms with Crippen LogP contribution >= 0.6 is 22.9 Å². The molecule has 0 unspecified atom stereocenters. The molecule has 4 rings (SSSR count). The van der Waals surface area contributed by atoms with Gasteiger partial charge in [-0.1, -0.05) is 23.7 Å². The Bertz CT molecular complexity index is 894. The summed E-state index contributed by atoms with van der Waals surface area (Å²) in [5.41, 5.74) is 2.77. The first-order chi connectivity index (χ1) is 12.7. The number of benzene rings is 1. The van der Waals surface area contributed by atoms with Gasteiger partial charge in [0.05, 0.1) is 23.8 Å². The van der Waals surface area contributed by atoms with Crippen LogP contribution < -0.4 is 0 Å². The number of rotatable bonds is 4. The molecule has 0 N–H and O–H groups in total. The maximum Gasteiger partial charge on any atom is 0.265 e. The second kappa shape index (κ2) is 7.60. The van der Waals surface area contributed by atoms with Crippen LogP contribution in [-0.4, -0.2) is 33.9 Å². The average molecular weight is 388 g/mol. The zero-order valence-corrected chi connectivity index (χ0v) is 15.7. The molecule has 1 aromatic carbocycles. The highest BCUT2D eigenvalue weighted by atomic mass is 35.5. The Kier molecular flexibility index (Phi) is 5.04. The lowest BCUT2D eigenvalue weighted by molar-refractivity contribution is 0.0702. The number of halogens is 1. The van der Waals surface area contributed by atoms with Gasteiger partial charge < -0.3 is 9.32 Å². The van der Waals surface area contributed by atoms with E-state index in [0.29, 0.717) is 28.8 Å². The first kappa shape index (κ1) is 17.2. The van der Waals surface area contributed by atoms with Crippen molar-refractivity contribution in [1.29, 1.82) is 0 Å². The summed E-state index contributed by atoms with van der Waals surface area (Å²) in [6.07, 6.45) is 5.99. The molecule has 0 radical (unpaired) electrons. The van der Waals surface area contributed by atoms with E-state index >= 15 is 0 Å². The molecular formula is C19H18ClN3O2S. The molecule has 5 nitrogen and oxygen atoms in total. The van der Waals surface area contributed by atoms with Crippen LogP contribution in [0.1, 0.15) is 45.6 Å². The largest absolute Gasteiger partial charge is 0.445 e. The van der Waals surface area contributed by atoms with Crippen molar-refractivity contribution in [2.45, 2.75) is 25.2 Å². The predicted molar refractivity (Wildman–Crippen MR) is 101 cm³/mol. The maximum absolute atomic E-state index is 12.5. The van der Waals surface area contributed by atoms with Crippen molar-refractivity contribution in [2.75, 3.05) is 13.1 Å². The molecule has 134 valence electrons. The normalized spacial score (nSPS) is 17.4. The first-order valence-corrected chi connectivity index (χ1v) is 9.81. The molecule has 0 spiro atoms. The van der Waals surface area contributed by atoms with E-state index < -0.39 is 0 Å². The Morgan fingerprint density at radius 2 is 2.31 bits per heavy atom. The molecule has 26 heavy (non-hydrogen) atoms. The van der Waals surface area contributed by atoms with Crippen LogP contribution in [0.5, 0.6) is 0 Å². The lowest BCUT2D eigenvalue weighted by atomic mass is 9.98. The summed E-state index contributed by atoms with van der Waals surface area (Å²) in [6.45, 7) is 1.40. The van der Waals surface area contributed by atoms with E-state index in [1.807, 2.05) is 29.2 Å². The molecule has 1 aliphatic rings. The van der Waals surface area contributed by atoms with Gasteiger partial charge in [-0.05, 0) is 30.5 Å². The van der Waals surface area contributed by atoms with E-state index in [2.05, 4.69) is 9.97 Å². The molecular weight excluding hydrogens is 370 g/mol. The summed E-state index contributed by atoms with van der Waals surface area (Å²) in [6, 6.07) is 7.73. The lowest BCUT2D eigenvalue weighted by Gasteiger charge is -2.30. The minimum atomic E-state index is 0.0444. The summed E-state index contributed by atoms with van der Waals surface area (Å²) >= 11 is 7.41. The Hall–Kier alpha value is -2.18. The summed E-state index contributed by atoms with van der Waals surface area (Å²) < 4.78 is 5.98. The van der Waals surface area contributed by atoms with E-state index in [1.165, 1.54) is 11.3 Å². The summed E-state index contributed by atoms with van der Waals surface area (Å²) in [4.78, 5) is 23.6. The summed E-state index contributed by atoms with van der Waals surface area (Å²) in [5.74, 6) is 1.70. The van der Waals surface area contributed by atoms with Crippen molar-refractivity contribution in [1.82, 2.24) is 14.9 Å². The number of hydrogen-bond acceptors (Lipinski definition) is 5. The number of nitrogens with zero attached hydrogens (tertiary/aromatic N) is 3. The maximum atomic E-state index is 12.5. The molecule has 2 aromatic heterocycles. The second-order valence-electron chi connectivity index (χ2n) is 6.43. The van der Waals surface area contributed by atoms with Gasteiger partial charge in [0.15, 0.2) is 5.89 Å². The third-order valence-corrected chi connectivity index (χ3v) is 5.54. The van der Waals surface area contributed by atoms with Gasteiger partial charge in [-0.3, -0.25) is 9.78 Å². The molecule has 0 aliphatic carbocycles. The van der Waals surface area contributed by atoms with Crippen molar-refractivity contribution in [2.24, 2.45) is 0 Å². The Morgan fingerprint density at radius 3 is 3.12 bits per heavy atom. The van der Waals surface area contributed by atoms with E-state index in [9.17, 15) is 4.79 Å². The fourth-order valence-electron chi connectivity index (χ4n) is 3.28. The number of thiazole rings is 1. The topological polar surface area (TPSA) is 59.2 Å². The highest BCUT2D eigenvalue weighted by Crippen LogP contribution is 2.28. The van der Waals surface area contributed by atoms with Crippen LogP contribution in [0.15, 0.2) is 46.6 Å². The summed E-state index contributed by atoms with van der Waals surface area (Å²) in [7, 11) is 0. The standard InChI is InChI=1S/C19H18ClN3O2S/c20-15-5-1-3-13(7-15)8-16-9-22-18(25-16)14-4-2-6-23(11-14)19(24)17-10-21-12-26-17/h1,3,5,7,9-10,12,14H,2,4,6,8,11H2/t14-/m0/s1. The molecule has 0 bridgehead atoms. The number of carbonyl (C=O) groups is 1. The van der Waals surface area contributed by atoms with Crippen molar-refractivity contribution in [3.8, 4) is 0 Å². The Balaban J connectivity index is 1.44. The van der Waals surface area contributed by atoms with Crippen LogP contribution in [0.4, 0.5) is 0 Å². The van der Waals surface area contributed by atoms with Gasteiger partial charge in [-0.15, -0.1) is 11.3 Å². The molecule has 0 saturated carbocycles. The monoisotopic (exact) mass is 387 g/mol. The van der Waals surface area contributed by atoms with Crippen LogP contribution in [0.3, 0.4) is 0 Å². The van der Waals surface area contributed by atoms with Crippen molar-refractivity contribution >= 4 is 28.8 Å². The van der Waals surface area contributed by atoms with Crippen LogP contribution in [0.2, 0.25) is 5.02 Å². The molecule has 1 fully saturated rings. The third-order valence-electron chi connectivity index (χ3n) is 4.54. The van der Waals surface area contributed by atoms with Gasteiger partial charge in [0, 0.05) is 24.5 Å². The molecule has 3 aromatic rings. The highest BCUT2D eigenvalue weighted by molar-refractivity contribution is 7.11. The zero-order valence-electron chi connectivity index (χ0n) is 14.1. The number of likely N-dealkylation sites (tertiary alicyclic amines) is 1. The molecule has 1 saturated heterocycles. The quantitative estimate of drug-likeness (QED) is 0.665. The number of oxazole rings is 1. The van der Waals surface area contributed by atoms with Crippen molar-refractivity contribution in [3.63, 3.8) is 0 Å². The second-order valence-corrected chi connectivity index (χ2v) is 7.75. The van der Waals surface area contributed by atoms with E-state index in [0.717, 1.165) is 30.7 Å². The molecule has 1 amide bonds. The molecule has 3 heterocycles. The van der Waals surface area contributed by atoms with Crippen molar-refractivity contribution in [3.05, 3.63) is 69.3 Å². The van der Waals surface area contributed by atoms with Gasteiger partial charge >= 0.3 is 0 Å².